The molecule has 0 unspecified atom stereocenters. The molecule has 2 rings (SSSR count). The van der Waals surface area contributed by atoms with E-state index >= 15 is 0 Å². The van der Waals surface area contributed by atoms with Crippen LogP contribution in [0.4, 0.5) is 0 Å². The topological polar surface area (TPSA) is 73.5 Å². The highest BCUT2D eigenvalue weighted by Gasteiger charge is 2.11. The van der Waals surface area contributed by atoms with E-state index in [1.165, 1.54) is 0 Å². The summed E-state index contributed by atoms with van der Waals surface area (Å²) in [6, 6.07) is 13.9. The van der Waals surface area contributed by atoms with Crippen LogP contribution >= 0.6 is 0 Å². The van der Waals surface area contributed by atoms with Crippen LogP contribution in [0.2, 0.25) is 0 Å². The van der Waals surface area contributed by atoms with E-state index in [2.05, 4.69) is 0 Å². The summed E-state index contributed by atoms with van der Waals surface area (Å²) in [5.41, 5.74) is 1.88. The Morgan fingerprint density at radius 1 is 1.20 bits per heavy atom. The first-order valence-corrected chi connectivity index (χ1v) is 6.24. The van der Waals surface area contributed by atoms with Gasteiger partial charge in [0.15, 0.2) is 0 Å². The number of aliphatic hydroxyl groups excluding tert-OH is 2. The standard InChI is InChI=1S/C16H15NO3/c1-11(19)15-7-4-13(9-17)8-16(15)20-14-5-2-12(10-18)3-6-14/h2-8,11,18-19H,10H2,1H3/t11-/m1/s1. The lowest BCUT2D eigenvalue weighted by molar-refractivity contribution is 0.195. The summed E-state index contributed by atoms with van der Waals surface area (Å²) < 4.78 is 5.72. The largest absolute Gasteiger partial charge is 0.457 e. The second-order valence-electron chi connectivity index (χ2n) is 4.44. The molecule has 0 aliphatic heterocycles. The molecule has 0 bridgehead atoms. The predicted octanol–water partition coefficient (Wildman–Crippen LogP) is 2.90. The maximum atomic E-state index is 9.73. The summed E-state index contributed by atoms with van der Waals surface area (Å²) in [5, 5.41) is 27.7. The van der Waals surface area contributed by atoms with Crippen molar-refractivity contribution in [2.45, 2.75) is 19.6 Å². The van der Waals surface area contributed by atoms with Gasteiger partial charge in [0.05, 0.1) is 24.3 Å². The molecule has 0 saturated heterocycles. The van der Waals surface area contributed by atoms with Crippen molar-refractivity contribution in [2.75, 3.05) is 0 Å². The van der Waals surface area contributed by atoms with Crippen molar-refractivity contribution in [3.63, 3.8) is 0 Å². The highest BCUT2D eigenvalue weighted by Crippen LogP contribution is 2.30. The zero-order valence-corrected chi connectivity index (χ0v) is 11.1. The second-order valence-corrected chi connectivity index (χ2v) is 4.44. The maximum absolute atomic E-state index is 9.73. The van der Waals surface area contributed by atoms with Crippen molar-refractivity contribution in [3.8, 4) is 17.6 Å². The Kier molecular flexibility index (Phi) is 4.36. The Morgan fingerprint density at radius 2 is 1.90 bits per heavy atom. The maximum Gasteiger partial charge on any atom is 0.134 e. The van der Waals surface area contributed by atoms with Crippen molar-refractivity contribution >= 4 is 0 Å². The van der Waals surface area contributed by atoms with Crippen molar-refractivity contribution in [1.82, 2.24) is 0 Å². The first-order chi connectivity index (χ1) is 9.63. The van der Waals surface area contributed by atoms with Gasteiger partial charge in [-0.05, 0) is 36.8 Å². The lowest BCUT2D eigenvalue weighted by Crippen LogP contribution is -1.97. The van der Waals surface area contributed by atoms with Crippen LogP contribution < -0.4 is 4.74 Å². The highest BCUT2D eigenvalue weighted by molar-refractivity contribution is 5.45. The number of rotatable bonds is 4. The molecule has 2 aromatic rings. The zero-order chi connectivity index (χ0) is 14.5. The Balaban J connectivity index is 2.33. The van der Waals surface area contributed by atoms with Gasteiger partial charge in [-0.25, -0.2) is 0 Å². The molecule has 20 heavy (non-hydrogen) atoms. The molecule has 0 aliphatic carbocycles. The number of benzene rings is 2. The highest BCUT2D eigenvalue weighted by atomic mass is 16.5. The fraction of sp³-hybridized carbons (Fsp3) is 0.188. The molecule has 2 aromatic carbocycles. The van der Waals surface area contributed by atoms with Crippen molar-refractivity contribution in [3.05, 3.63) is 59.2 Å². The van der Waals surface area contributed by atoms with Gasteiger partial charge in [-0.2, -0.15) is 5.26 Å². The molecule has 0 aromatic heterocycles. The van der Waals surface area contributed by atoms with E-state index in [0.717, 1.165) is 5.56 Å². The van der Waals surface area contributed by atoms with Crippen LogP contribution in [0.3, 0.4) is 0 Å². The van der Waals surface area contributed by atoms with Crippen LogP contribution in [0.25, 0.3) is 0 Å². The Hall–Kier alpha value is -2.35. The van der Waals surface area contributed by atoms with E-state index in [1.54, 1.807) is 49.4 Å². The minimum absolute atomic E-state index is 0.0247. The van der Waals surface area contributed by atoms with Gasteiger partial charge in [0.1, 0.15) is 11.5 Å². The lowest BCUT2D eigenvalue weighted by atomic mass is 10.1. The average molecular weight is 269 g/mol. The van der Waals surface area contributed by atoms with Crippen LogP contribution in [0.5, 0.6) is 11.5 Å². The molecule has 1 atom stereocenters. The van der Waals surface area contributed by atoms with E-state index in [1.807, 2.05) is 6.07 Å². The summed E-state index contributed by atoms with van der Waals surface area (Å²) >= 11 is 0. The lowest BCUT2D eigenvalue weighted by Gasteiger charge is -2.13. The first kappa shape index (κ1) is 14.1. The van der Waals surface area contributed by atoms with Gasteiger partial charge < -0.3 is 14.9 Å². The normalized spacial score (nSPS) is 11.7. The van der Waals surface area contributed by atoms with E-state index in [9.17, 15) is 5.11 Å². The van der Waals surface area contributed by atoms with E-state index in [0.29, 0.717) is 22.6 Å². The van der Waals surface area contributed by atoms with Gasteiger partial charge >= 0.3 is 0 Å². The van der Waals surface area contributed by atoms with Crippen molar-refractivity contribution in [1.29, 1.82) is 5.26 Å². The molecule has 4 nitrogen and oxygen atoms in total. The summed E-state index contributed by atoms with van der Waals surface area (Å²) in [6.07, 6.45) is -0.686. The number of hydrogen-bond donors (Lipinski definition) is 2. The van der Waals surface area contributed by atoms with Crippen LogP contribution in [0.1, 0.15) is 29.7 Å². The molecule has 4 heteroatoms. The van der Waals surface area contributed by atoms with Crippen LogP contribution in [0, 0.1) is 11.3 Å². The van der Waals surface area contributed by atoms with Gasteiger partial charge in [-0.1, -0.05) is 18.2 Å². The number of hydrogen-bond acceptors (Lipinski definition) is 4. The molecule has 0 saturated carbocycles. The average Bonchev–Trinajstić information content (AvgIpc) is 2.47. The number of nitriles is 1. The fourth-order valence-corrected chi connectivity index (χ4v) is 1.83. The molecular weight excluding hydrogens is 254 g/mol. The molecule has 0 radical (unpaired) electrons. The molecule has 0 spiro atoms. The molecule has 102 valence electrons. The van der Waals surface area contributed by atoms with Gasteiger partial charge in [-0.3, -0.25) is 0 Å². The van der Waals surface area contributed by atoms with Crippen LogP contribution in [-0.4, -0.2) is 10.2 Å². The minimum atomic E-state index is -0.686. The second kappa shape index (κ2) is 6.20. The van der Waals surface area contributed by atoms with E-state index in [4.69, 9.17) is 15.1 Å². The summed E-state index contributed by atoms with van der Waals surface area (Å²) in [7, 11) is 0. The third-order valence-electron chi connectivity index (χ3n) is 2.93. The number of nitrogens with zero attached hydrogens (tertiary/aromatic N) is 1. The van der Waals surface area contributed by atoms with Crippen LogP contribution in [0.15, 0.2) is 42.5 Å². The SMILES string of the molecule is C[C@@H](O)c1ccc(C#N)cc1Oc1ccc(CO)cc1. The minimum Gasteiger partial charge on any atom is -0.457 e. The van der Waals surface area contributed by atoms with Gasteiger partial charge in [-0.15, -0.1) is 0 Å². The van der Waals surface area contributed by atoms with E-state index in [-0.39, 0.29) is 6.61 Å². The molecular formula is C16H15NO3. The van der Waals surface area contributed by atoms with Gasteiger partial charge in [0.25, 0.3) is 0 Å². The Morgan fingerprint density at radius 3 is 2.45 bits per heavy atom. The molecule has 0 aliphatic rings. The van der Waals surface area contributed by atoms with Crippen molar-refractivity contribution in [2.24, 2.45) is 0 Å². The Bertz CT molecular complexity index is 627. The first-order valence-electron chi connectivity index (χ1n) is 6.24. The van der Waals surface area contributed by atoms with Gasteiger partial charge in [0, 0.05) is 5.56 Å². The molecule has 2 N–H and O–H groups in total. The zero-order valence-electron chi connectivity index (χ0n) is 11.1. The summed E-state index contributed by atoms with van der Waals surface area (Å²) in [5.74, 6) is 1.04. The molecule has 0 amide bonds. The van der Waals surface area contributed by atoms with Crippen molar-refractivity contribution < 1.29 is 14.9 Å². The summed E-state index contributed by atoms with van der Waals surface area (Å²) in [6.45, 7) is 1.62. The predicted molar refractivity (Wildman–Crippen MR) is 74.2 cm³/mol. The number of aliphatic hydroxyl groups is 2. The Labute approximate surface area is 117 Å². The molecule has 0 fully saturated rings. The third kappa shape index (κ3) is 3.15. The fourth-order valence-electron chi connectivity index (χ4n) is 1.83. The quantitative estimate of drug-likeness (QED) is 0.895. The molecule has 0 heterocycles. The van der Waals surface area contributed by atoms with Crippen LogP contribution in [-0.2, 0) is 6.61 Å². The third-order valence-corrected chi connectivity index (χ3v) is 2.93. The van der Waals surface area contributed by atoms with E-state index < -0.39 is 6.10 Å². The van der Waals surface area contributed by atoms with Gasteiger partial charge in [0.2, 0.25) is 0 Å². The smallest absolute Gasteiger partial charge is 0.134 e. The number of ether oxygens (including phenoxy) is 1. The monoisotopic (exact) mass is 269 g/mol. The summed E-state index contributed by atoms with van der Waals surface area (Å²) in [4.78, 5) is 0.